The second-order valence-corrected chi connectivity index (χ2v) is 5.95. The molecule has 0 saturated heterocycles. The Bertz CT molecular complexity index is 518. The van der Waals surface area contributed by atoms with Gasteiger partial charge in [0.2, 0.25) is 5.91 Å². The smallest absolute Gasteiger partial charge is 0.307 e. The molecule has 2 rings (SSSR count). The zero-order valence-electron chi connectivity index (χ0n) is 12.9. The van der Waals surface area contributed by atoms with Gasteiger partial charge in [-0.05, 0) is 37.0 Å². The molecule has 1 fully saturated rings. The highest BCUT2D eigenvalue weighted by atomic mass is 16.5. The van der Waals surface area contributed by atoms with E-state index in [1.807, 2.05) is 0 Å². The van der Waals surface area contributed by atoms with Crippen LogP contribution in [-0.2, 0) is 20.7 Å². The van der Waals surface area contributed by atoms with Gasteiger partial charge in [0.15, 0.2) is 0 Å². The Morgan fingerprint density at radius 2 is 1.86 bits per heavy atom. The molecule has 0 heterocycles. The lowest BCUT2D eigenvalue weighted by atomic mass is 9.82. The van der Waals surface area contributed by atoms with Crippen LogP contribution in [0.4, 0.5) is 5.69 Å². The molecule has 0 bridgehead atoms. The van der Waals surface area contributed by atoms with Crippen LogP contribution in [0.3, 0.4) is 0 Å². The van der Waals surface area contributed by atoms with Crippen LogP contribution in [0.5, 0.6) is 0 Å². The van der Waals surface area contributed by atoms with Crippen molar-refractivity contribution in [1.29, 1.82) is 0 Å². The van der Waals surface area contributed by atoms with Crippen molar-refractivity contribution in [2.75, 3.05) is 19.0 Å². The number of carboxylic acids is 1. The van der Waals surface area contributed by atoms with E-state index in [0.29, 0.717) is 12.3 Å². The third-order valence-electron chi connectivity index (χ3n) is 4.39. The summed E-state index contributed by atoms with van der Waals surface area (Å²) >= 11 is 0. The summed E-state index contributed by atoms with van der Waals surface area (Å²) in [6, 6.07) is 6.99. The third kappa shape index (κ3) is 4.07. The number of anilines is 1. The van der Waals surface area contributed by atoms with Gasteiger partial charge in [0.05, 0.1) is 11.8 Å². The standard InChI is InChI=1S/C17H23NO4/c1-22-11-10-17(8-2-3-9-17)16(21)18-14-6-4-13(5-7-14)12-15(19)20/h4-7H,2-3,8-12H2,1H3,(H,18,21)(H,19,20). The van der Waals surface area contributed by atoms with E-state index in [2.05, 4.69) is 5.32 Å². The molecule has 1 amide bonds. The van der Waals surface area contributed by atoms with E-state index in [1.165, 1.54) is 0 Å². The zero-order valence-corrected chi connectivity index (χ0v) is 12.9. The lowest BCUT2D eigenvalue weighted by molar-refractivity contribution is -0.136. The molecule has 1 aromatic carbocycles. The van der Waals surface area contributed by atoms with Gasteiger partial charge in [-0.3, -0.25) is 9.59 Å². The summed E-state index contributed by atoms with van der Waals surface area (Å²) in [7, 11) is 1.65. The topological polar surface area (TPSA) is 75.6 Å². The number of benzene rings is 1. The molecule has 0 aliphatic heterocycles. The Morgan fingerprint density at radius 3 is 2.41 bits per heavy atom. The first-order valence-corrected chi connectivity index (χ1v) is 7.67. The Labute approximate surface area is 130 Å². The maximum Gasteiger partial charge on any atom is 0.307 e. The van der Waals surface area contributed by atoms with Gasteiger partial charge in [-0.2, -0.15) is 0 Å². The number of hydrogen-bond donors (Lipinski definition) is 2. The van der Waals surface area contributed by atoms with Crippen molar-refractivity contribution in [3.63, 3.8) is 0 Å². The molecule has 0 spiro atoms. The van der Waals surface area contributed by atoms with Crippen molar-refractivity contribution in [2.45, 2.75) is 38.5 Å². The second-order valence-electron chi connectivity index (χ2n) is 5.95. The summed E-state index contributed by atoms with van der Waals surface area (Å²) in [5.41, 5.74) is 1.11. The first-order chi connectivity index (χ1) is 10.6. The maximum atomic E-state index is 12.6. The van der Waals surface area contributed by atoms with Crippen LogP contribution >= 0.6 is 0 Å². The first-order valence-electron chi connectivity index (χ1n) is 7.67. The molecule has 5 nitrogen and oxygen atoms in total. The molecular formula is C17H23NO4. The molecule has 1 aliphatic carbocycles. The Hall–Kier alpha value is -1.88. The molecule has 5 heteroatoms. The SMILES string of the molecule is COCCC1(C(=O)Nc2ccc(CC(=O)O)cc2)CCCC1. The van der Waals surface area contributed by atoms with E-state index in [0.717, 1.165) is 37.7 Å². The number of carboxylic acid groups (broad SMARTS) is 1. The van der Waals surface area contributed by atoms with E-state index >= 15 is 0 Å². The average molecular weight is 305 g/mol. The highest BCUT2D eigenvalue weighted by Gasteiger charge is 2.40. The monoisotopic (exact) mass is 305 g/mol. The number of ether oxygens (including phenoxy) is 1. The zero-order chi connectivity index (χ0) is 16.0. The van der Waals surface area contributed by atoms with E-state index < -0.39 is 5.97 Å². The molecule has 2 N–H and O–H groups in total. The van der Waals surface area contributed by atoms with Crippen LogP contribution in [0, 0.1) is 5.41 Å². The van der Waals surface area contributed by atoms with Crippen LogP contribution in [0.2, 0.25) is 0 Å². The van der Waals surface area contributed by atoms with Crippen molar-refractivity contribution >= 4 is 17.6 Å². The minimum atomic E-state index is -0.860. The van der Waals surface area contributed by atoms with Crippen LogP contribution in [0.25, 0.3) is 0 Å². The molecule has 0 atom stereocenters. The molecule has 22 heavy (non-hydrogen) atoms. The number of amides is 1. The fourth-order valence-corrected chi connectivity index (χ4v) is 3.08. The molecule has 1 aromatic rings. The molecule has 1 aliphatic rings. The number of aliphatic carboxylic acids is 1. The molecule has 0 unspecified atom stereocenters. The van der Waals surface area contributed by atoms with Gasteiger partial charge in [0, 0.05) is 19.4 Å². The van der Waals surface area contributed by atoms with Crippen LogP contribution in [0.15, 0.2) is 24.3 Å². The van der Waals surface area contributed by atoms with Gasteiger partial charge in [0.1, 0.15) is 0 Å². The van der Waals surface area contributed by atoms with Crippen LogP contribution < -0.4 is 5.32 Å². The van der Waals surface area contributed by atoms with Crippen molar-refractivity contribution in [2.24, 2.45) is 5.41 Å². The fourth-order valence-electron chi connectivity index (χ4n) is 3.08. The quantitative estimate of drug-likeness (QED) is 0.812. The van der Waals surface area contributed by atoms with Gasteiger partial charge < -0.3 is 15.2 Å². The Kier molecular flexibility index (Phi) is 5.55. The minimum absolute atomic E-state index is 0.00793. The maximum absolute atomic E-state index is 12.6. The van der Waals surface area contributed by atoms with E-state index in [4.69, 9.17) is 9.84 Å². The van der Waals surface area contributed by atoms with Gasteiger partial charge in [0.25, 0.3) is 0 Å². The highest BCUT2D eigenvalue weighted by Crippen LogP contribution is 2.42. The molecule has 1 saturated carbocycles. The minimum Gasteiger partial charge on any atom is -0.481 e. The number of hydrogen-bond acceptors (Lipinski definition) is 3. The number of nitrogens with one attached hydrogen (secondary N) is 1. The van der Waals surface area contributed by atoms with E-state index in [-0.39, 0.29) is 17.7 Å². The number of carbonyl (C=O) groups excluding carboxylic acids is 1. The van der Waals surface area contributed by atoms with Crippen molar-refractivity contribution in [3.05, 3.63) is 29.8 Å². The van der Waals surface area contributed by atoms with Crippen molar-refractivity contribution in [3.8, 4) is 0 Å². The van der Waals surface area contributed by atoms with Crippen LogP contribution in [0.1, 0.15) is 37.7 Å². The summed E-state index contributed by atoms with van der Waals surface area (Å²) < 4.78 is 5.15. The number of carbonyl (C=O) groups is 2. The van der Waals surface area contributed by atoms with E-state index in [1.54, 1.807) is 31.4 Å². The number of rotatable bonds is 7. The van der Waals surface area contributed by atoms with Gasteiger partial charge in [-0.15, -0.1) is 0 Å². The second kappa shape index (κ2) is 7.40. The van der Waals surface area contributed by atoms with Crippen molar-refractivity contribution in [1.82, 2.24) is 0 Å². The lowest BCUT2D eigenvalue weighted by Crippen LogP contribution is -2.34. The lowest BCUT2D eigenvalue weighted by Gasteiger charge is -2.27. The number of methoxy groups -OCH3 is 1. The third-order valence-corrected chi connectivity index (χ3v) is 4.39. The predicted octanol–water partition coefficient (Wildman–Crippen LogP) is 2.85. The summed E-state index contributed by atoms with van der Waals surface area (Å²) in [5, 5.41) is 11.7. The summed E-state index contributed by atoms with van der Waals surface area (Å²) in [6.07, 6.45) is 4.69. The summed E-state index contributed by atoms with van der Waals surface area (Å²) in [5.74, 6) is -0.811. The first kappa shape index (κ1) is 16.5. The van der Waals surface area contributed by atoms with Gasteiger partial charge in [-0.25, -0.2) is 0 Å². The normalized spacial score (nSPS) is 16.4. The van der Waals surface area contributed by atoms with E-state index in [9.17, 15) is 9.59 Å². The molecule has 120 valence electrons. The largest absolute Gasteiger partial charge is 0.481 e. The molecule has 0 radical (unpaired) electrons. The fraction of sp³-hybridized carbons (Fsp3) is 0.529. The molecule has 0 aromatic heterocycles. The summed E-state index contributed by atoms with van der Waals surface area (Å²) in [4.78, 5) is 23.3. The Balaban J connectivity index is 2.01. The van der Waals surface area contributed by atoms with Crippen LogP contribution in [-0.4, -0.2) is 30.7 Å². The molecular weight excluding hydrogens is 282 g/mol. The summed E-state index contributed by atoms with van der Waals surface area (Å²) in [6.45, 7) is 0.588. The Morgan fingerprint density at radius 1 is 1.23 bits per heavy atom. The predicted molar refractivity (Wildman–Crippen MR) is 83.8 cm³/mol. The highest BCUT2D eigenvalue weighted by molar-refractivity contribution is 5.95. The average Bonchev–Trinajstić information content (AvgIpc) is 2.97. The van der Waals surface area contributed by atoms with Crippen molar-refractivity contribution < 1.29 is 19.4 Å². The van der Waals surface area contributed by atoms with Gasteiger partial charge >= 0.3 is 5.97 Å². The van der Waals surface area contributed by atoms with Gasteiger partial charge in [-0.1, -0.05) is 25.0 Å².